The zero-order chi connectivity index (χ0) is 9.03. The maximum Gasteiger partial charge on any atom is 0.246 e. The van der Waals surface area contributed by atoms with Crippen molar-refractivity contribution in [3.8, 4) is 0 Å². The first-order valence-corrected chi connectivity index (χ1v) is 4.14. The molecule has 0 radical (unpaired) electrons. The van der Waals surface area contributed by atoms with E-state index in [0.29, 0.717) is 6.54 Å². The van der Waals surface area contributed by atoms with Gasteiger partial charge in [-0.25, -0.2) is 0 Å². The van der Waals surface area contributed by atoms with E-state index in [1.165, 1.54) is 7.11 Å². The summed E-state index contributed by atoms with van der Waals surface area (Å²) >= 11 is 0. The van der Waals surface area contributed by atoms with Crippen LogP contribution in [0, 0.1) is 0 Å². The molecule has 0 spiro atoms. The second kappa shape index (κ2) is 3.87. The van der Waals surface area contributed by atoms with E-state index < -0.39 is 5.60 Å². The van der Waals surface area contributed by atoms with Crippen molar-refractivity contribution < 1.29 is 14.6 Å². The summed E-state index contributed by atoms with van der Waals surface area (Å²) < 4.78 is 4.63. The minimum Gasteiger partial charge on any atom is -0.388 e. The number of ether oxygens (including phenoxy) is 1. The van der Waals surface area contributed by atoms with E-state index in [1.807, 2.05) is 0 Å². The third kappa shape index (κ3) is 2.46. The van der Waals surface area contributed by atoms with E-state index >= 15 is 0 Å². The molecule has 0 aliphatic heterocycles. The lowest BCUT2D eigenvalue weighted by Gasteiger charge is -2.36. The molecule has 0 atom stereocenters. The van der Waals surface area contributed by atoms with Crippen LogP contribution in [-0.4, -0.2) is 36.9 Å². The van der Waals surface area contributed by atoms with Gasteiger partial charge in [-0.2, -0.15) is 0 Å². The number of hydrogen-bond acceptors (Lipinski definition) is 3. The summed E-state index contributed by atoms with van der Waals surface area (Å²) in [6.07, 6.45) is 2.64. The maximum absolute atomic E-state index is 10.9. The second-order valence-corrected chi connectivity index (χ2v) is 3.29. The quantitative estimate of drug-likeness (QED) is 0.611. The number of carbonyl (C=O) groups excluding carboxylic acids is 1. The molecule has 1 amide bonds. The molecular formula is C8H15NO3. The highest BCUT2D eigenvalue weighted by atomic mass is 16.5. The Hall–Kier alpha value is -0.610. The molecule has 4 heteroatoms. The third-order valence-corrected chi connectivity index (χ3v) is 2.17. The summed E-state index contributed by atoms with van der Waals surface area (Å²) in [5.74, 6) is -0.169. The molecule has 0 unspecified atom stereocenters. The molecule has 2 N–H and O–H groups in total. The molecule has 0 heterocycles. The number of methoxy groups -OCH3 is 1. The van der Waals surface area contributed by atoms with Crippen LogP contribution in [0.3, 0.4) is 0 Å². The standard InChI is InChI=1S/C8H15NO3/c1-12-5-7(10)9-6-8(11)3-2-4-8/h11H,2-6H2,1H3,(H,9,10). The zero-order valence-electron chi connectivity index (χ0n) is 7.30. The van der Waals surface area contributed by atoms with Gasteiger partial charge in [0, 0.05) is 13.7 Å². The van der Waals surface area contributed by atoms with Crippen LogP contribution in [0.4, 0.5) is 0 Å². The monoisotopic (exact) mass is 173 g/mol. The van der Waals surface area contributed by atoms with Crippen molar-refractivity contribution >= 4 is 5.91 Å². The Labute approximate surface area is 71.9 Å². The van der Waals surface area contributed by atoms with Crippen molar-refractivity contribution in [2.45, 2.75) is 24.9 Å². The number of nitrogens with one attached hydrogen (secondary N) is 1. The summed E-state index contributed by atoms with van der Waals surface area (Å²) in [5, 5.41) is 12.2. The van der Waals surface area contributed by atoms with Crippen molar-refractivity contribution in [2.75, 3.05) is 20.3 Å². The van der Waals surface area contributed by atoms with Crippen LogP contribution in [-0.2, 0) is 9.53 Å². The average Bonchev–Trinajstić information content (AvgIpc) is 1.98. The summed E-state index contributed by atoms with van der Waals surface area (Å²) in [6, 6.07) is 0. The van der Waals surface area contributed by atoms with E-state index in [4.69, 9.17) is 0 Å². The van der Waals surface area contributed by atoms with E-state index in [2.05, 4.69) is 10.1 Å². The van der Waals surface area contributed by atoms with Gasteiger partial charge in [0.05, 0.1) is 5.60 Å². The molecule has 1 rings (SSSR count). The molecule has 1 aliphatic rings. The van der Waals surface area contributed by atoms with Crippen LogP contribution in [0.15, 0.2) is 0 Å². The molecule has 0 bridgehead atoms. The van der Waals surface area contributed by atoms with Gasteiger partial charge < -0.3 is 15.2 Å². The molecule has 1 fully saturated rings. The van der Waals surface area contributed by atoms with Crippen molar-refractivity contribution in [3.63, 3.8) is 0 Å². The number of carbonyl (C=O) groups is 1. The van der Waals surface area contributed by atoms with Crippen LogP contribution >= 0.6 is 0 Å². The van der Waals surface area contributed by atoms with Gasteiger partial charge in [-0.15, -0.1) is 0 Å². The van der Waals surface area contributed by atoms with Gasteiger partial charge in [-0.05, 0) is 19.3 Å². The predicted octanol–water partition coefficient (Wildman–Crippen LogP) is -0.336. The molecule has 12 heavy (non-hydrogen) atoms. The van der Waals surface area contributed by atoms with E-state index in [1.54, 1.807) is 0 Å². The van der Waals surface area contributed by atoms with Crippen LogP contribution in [0.1, 0.15) is 19.3 Å². The molecule has 0 aromatic rings. The normalized spacial score (nSPS) is 19.8. The number of rotatable bonds is 4. The van der Waals surface area contributed by atoms with Gasteiger partial charge in [-0.3, -0.25) is 4.79 Å². The molecule has 4 nitrogen and oxygen atoms in total. The minimum absolute atomic E-state index is 0.0656. The fraction of sp³-hybridized carbons (Fsp3) is 0.875. The van der Waals surface area contributed by atoms with Gasteiger partial charge in [0.15, 0.2) is 0 Å². The van der Waals surface area contributed by atoms with Gasteiger partial charge in [0.25, 0.3) is 0 Å². The highest BCUT2D eigenvalue weighted by Crippen LogP contribution is 2.30. The summed E-state index contributed by atoms with van der Waals surface area (Å²) in [4.78, 5) is 10.9. The van der Waals surface area contributed by atoms with Gasteiger partial charge >= 0.3 is 0 Å². The largest absolute Gasteiger partial charge is 0.388 e. The predicted molar refractivity (Wildman–Crippen MR) is 43.7 cm³/mol. The lowest BCUT2D eigenvalue weighted by Crippen LogP contribution is -2.48. The van der Waals surface area contributed by atoms with Crippen molar-refractivity contribution in [1.82, 2.24) is 5.32 Å². The molecular weight excluding hydrogens is 158 g/mol. The molecule has 0 aromatic carbocycles. The summed E-state index contributed by atoms with van der Waals surface area (Å²) in [6.45, 7) is 0.422. The first kappa shape index (κ1) is 9.48. The van der Waals surface area contributed by atoms with Gasteiger partial charge in [0.2, 0.25) is 5.91 Å². The Morgan fingerprint density at radius 2 is 2.33 bits per heavy atom. The SMILES string of the molecule is COCC(=O)NCC1(O)CCC1. The third-order valence-electron chi connectivity index (χ3n) is 2.17. The fourth-order valence-corrected chi connectivity index (χ4v) is 1.21. The molecule has 1 aliphatic carbocycles. The van der Waals surface area contributed by atoms with Crippen molar-refractivity contribution in [1.29, 1.82) is 0 Å². The Balaban J connectivity index is 2.12. The zero-order valence-corrected chi connectivity index (χ0v) is 7.30. The highest BCUT2D eigenvalue weighted by Gasteiger charge is 2.34. The van der Waals surface area contributed by atoms with E-state index in [0.717, 1.165) is 19.3 Å². The molecule has 0 saturated heterocycles. The summed E-state index contributed by atoms with van der Waals surface area (Å²) in [5.41, 5.74) is -0.636. The van der Waals surface area contributed by atoms with Crippen LogP contribution in [0.5, 0.6) is 0 Å². The Bertz CT molecular complexity index is 166. The van der Waals surface area contributed by atoms with Crippen molar-refractivity contribution in [3.05, 3.63) is 0 Å². The number of hydrogen-bond donors (Lipinski definition) is 2. The van der Waals surface area contributed by atoms with Gasteiger partial charge in [0.1, 0.15) is 6.61 Å². The smallest absolute Gasteiger partial charge is 0.246 e. The number of aliphatic hydroxyl groups is 1. The Morgan fingerprint density at radius 3 is 2.75 bits per heavy atom. The van der Waals surface area contributed by atoms with Crippen LogP contribution < -0.4 is 5.32 Å². The number of amides is 1. The Kier molecular flexibility index (Phi) is 3.05. The topological polar surface area (TPSA) is 58.6 Å². The molecule has 0 aromatic heterocycles. The lowest BCUT2D eigenvalue weighted by atomic mass is 9.80. The minimum atomic E-state index is -0.636. The van der Waals surface area contributed by atoms with Crippen LogP contribution in [0.25, 0.3) is 0 Å². The molecule has 70 valence electrons. The Morgan fingerprint density at radius 1 is 1.67 bits per heavy atom. The average molecular weight is 173 g/mol. The maximum atomic E-state index is 10.9. The molecule has 1 saturated carbocycles. The van der Waals surface area contributed by atoms with E-state index in [-0.39, 0.29) is 12.5 Å². The van der Waals surface area contributed by atoms with Crippen molar-refractivity contribution in [2.24, 2.45) is 0 Å². The lowest BCUT2D eigenvalue weighted by molar-refractivity contribution is -0.127. The second-order valence-electron chi connectivity index (χ2n) is 3.29. The highest BCUT2D eigenvalue weighted by molar-refractivity contribution is 5.77. The van der Waals surface area contributed by atoms with E-state index in [9.17, 15) is 9.90 Å². The first-order chi connectivity index (χ1) is 5.66. The van der Waals surface area contributed by atoms with Crippen LogP contribution in [0.2, 0.25) is 0 Å². The fourth-order valence-electron chi connectivity index (χ4n) is 1.21. The van der Waals surface area contributed by atoms with Gasteiger partial charge in [-0.1, -0.05) is 0 Å². The first-order valence-electron chi connectivity index (χ1n) is 4.14. The summed E-state index contributed by atoms with van der Waals surface area (Å²) in [7, 11) is 1.47.